The Kier molecular flexibility index (Phi) is 3.99. The molecule has 2 rings (SSSR count). The molecule has 0 fully saturated rings. The third-order valence-electron chi connectivity index (χ3n) is 2.47. The van der Waals surface area contributed by atoms with Crippen molar-refractivity contribution in [3.05, 3.63) is 57.3 Å². The number of amides is 1. The van der Waals surface area contributed by atoms with Gasteiger partial charge < -0.3 is 5.32 Å². The highest BCUT2D eigenvalue weighted by atomic mass is 79.9. The van der Waals surface area contributed by atoms with Gasteiger partial charge in [0.2, 0.25) is 0 Å². The smallest absolute Gasteiger partial charge is 0.255 e. The molecule has 0 aliphatic heterocycles. The Morgan fingerprint density at radius 2 is 2.17 bits per heavy atom. The highest BCUT2D eigenvalue weighted by Crippen LogP contribution is 2.23. The summed E-state index contributed by atoms with van der Waals surface area (Å²) >= 11 is 9.24. The van der Waals surface area contributed by atoms with Gasteiger partial charge in [0.25, 0.3) is 5.91 Å². The molecule has 1 N–H and O–H groups in total. The Labute approximate surface area is 118 Å². The maximum Gasteiger partial charge on any atom is 0.255 e. The number of nitrogens with one attached hydrogen (secondary N) is 1. The topological polar surface area (TPSA) is 42.0 Å². The summed E-state index contributed by atoms with van der Waals surface area (Å²) in [6.07, 6.45) is 3.30. The first-order valence-corrected chi connectivity index (χ1v) is 6.42. The van der Waals surface area contributed by atoms with Crippen LogP contribution in [0.2, 0.25) is 5.02 Å². The molecule has 1 heterocycles. The minimum absolute atomic E-state index is 0.208. The zero-order chi connectivity index (χ0) is 13.1. The lowest BCUT2D eigenvalue weighted by Crippen LogP contribution is -2.12. The minimum atomic E-state index is -0.208. The van der Waals surface area contributed by atoms with E-state index in [9.17, 15) is 4.79 Å². The number of nitrogens with zero attached hydrogens (tertiary/aromatic N) is 1. The molecule has 3 nitrogen and oxygen atoms in total. The molecule has 1 amide bonds. The normalized spacial score (nSPS) is 10.2. The quantitative estimate of drug-likeness (QED) is 0.905. The fourth-order valence-electron chi connectivity index (χ4n) is 1.43. The number of halogens is 2. The van der Waals surface area contributed by atoms with Gasteiger partial charge >= 0.3 is 0 Å². The molecular formula is C13H10BrClN2O. The maximum absolute atomic E-state index is 12.0. The number of hydrogen-bond donors (Lipinski definition) is 1. The van der Waals surface area contributed by atoms with E-state index >= 15 is 0 Å². The first-order valence-electron chi connectivity index (χ1n) is 5.25. The number of hydrogen-bond acceptors (Lipinski definition) is 2. The monoisotopic (exact) mass is 324 g/mol. The molecule has 0 aliphatic rings. The summed E-state index contributed by atoms with van der Waals surface area (Å²) in [5.74, 6) is -0.208. The molecule has 0 bridgehead atoms. The average Bonchev–Trinajstić information content (AvgIpc) is 2.35. The molecule has 0 unspecified atom stereocenters. The van der Waals surface area contributed by atoms with Crippen molar-refractivity contribution >= 4 is 39.1 Å². The first kappa shape index (κ1) is 13.1. The lowest BCUT2D eigenvalue weighted by atomic mass is 10.2. The predicted octanol–water partition coefficient (Wildman–Crippen LogP) is 4.06. The van der Waals surface area contributed by atoms with Crippen molar-refractivity contribution in [1.82, 2.24) is 4.98 Å². The molecule has 0 atom stereocenters. The number of carbonyl (C=O) groups is 1. The van der Waals surface area contributed by atoms with Gasteiger partial charge in [0.05, 0.1) is 16.9 Å². The highest BCUT2D eigenvalue weighted by Gasteiger charge is 2.09. The zero-order valence-corrected chi connectivity index (χ0v) is 11.9. The Morgan fingerprint density at radius 3 is 2.83 bits per heavy atom. The molecule has 1 aromatic carbocycles. The fourth-order valence-corrected chi connectivity index (χ4v) is 1.85. The van der Waals surface area contributed by atoms with Crippen LogP contribution >= 0.6 is 27.5 Å². The van der Waals surface area contributed by atoms with Crippen molar-refractivity contribution in [2.75, 3.05) is 5.32 Å². The van der Waals surface area contributed by atoms with E-state index in [-0.39, 0.29) is 5.91 Å². The van der Waals surface area contributed by atoms with Crippen LogP contribution in [0.3, 0.4) is 0 Å². The number of aromatic nitrogens is 1. The number of benzene rings is 1. The van der Waals surface area contributed by atoms with Gasteiger partial charge in [0, 0.05) is 16.2 Å². The average molecular weight is 326 g/mol. The van der Waals surface area contributed by atoms with E-state index in [4.69, 9.17) is 11.6 Å². The Balaban J connectivity index is 2.22. The molecule has 0 spiro atoms. The van der Waals surface area contributed by atoms with Gasteiger partial charge in [-0.25, -0.2) is 0 Å². The summed E-state index contributed by atoms with van der Waals surface area (Å²) in [6.45, 7) is 1.91. The van der Waals surface area contributed by atoms with E-state index in [1.165, 1.54) is 0 Å². The lowest BCUT2D eigenvalue weighted by Gasteiger charge is -2.08. The van der Waals surface area contributed by atoms with E-state index in [1.54, 1.807) is 30.6 Å². The van der Waals surface area contributed by atoms with Crippen molar-refractivity contribution in [2.24, 2.45) is 0 Å². The van der Waals surface area contributed by atoms with Gasteiger partial charge in [-0.2, -0.15) is 0 Å². The van der Waals surface area contributed by atoms with Crippen LogP contribution in [0, 0.1) is 6.92 Å². The zero-order valence-electron chi connectivity index (χ0n) is 9.58. The third kappa shape index (κ3) is 2.89. The van der Waals surface area contributed by atoms with E-state index in [0.717, 1.165) is 10.0 Å². The van der Waals surface area contributed by atoms with Crippen LogP contribution in [-0.4, -0.2) is 10.9 Å². The molecule has 92 valence electrons. The summed E-state index contributed by atoms with van der Waals surface area (Å²) in [4.78, 5) is 16.0. The molecule has 2 aromatic rings. The minimum Gasteiger partial charge on any atom is -0.320 e. The second-order valence-electron chi connectivity index (χ2n) is 3.77. The SMILES string of the molecule is Cc1ccncc1NC(=O)c1ccc(Br)c(Cl)c1. The van der Waals surface area contributed by atoms with Crippen LogP contribution < -0.4 is 5.32 Å². The summed E-state index contributed by atoms with van der Waals surface area (Å²) in [5, 5.41) is 3.30. The van der Waals surface area contributed by atoms with E-state index < -0.39 is 0 Å². The van der Waals surface area contributed by atoms with Crippen molar-refractivity contribution in [3.8, 4) is 0 Å². The van der Waals surface area contributed by atoms with Crippen molar-refractivity contribution < 1.29 is 4.79 Å². The third-order valence-corrected chi connectivity index (χ3v) is 3.70. The molecule has 5 heteroatoms. The van der Waals surface area contributed by atoms with Crippen molar-refractivity contribution in [1.29, 1.82) is 0 Å². The first-order chi connectivity index (χ1) is 8.58. The molecule has 18 heavy (non-hydrogen) atoms. The standard InChI is InChI=1S/C13H10BrClN2O/c1-8-4-5-16-7-12(8)17-13(18)9-2-3-10(14)11(15)6-9/h2-7H,1H3,(H,17,18). The van der Waals surface area contributed by atoms with Crippen molar-refractivity contribution in [3.63, 3.8) is 0 Å². The van der Waals surface area contributed by atoms with E-state index in [0.29, 0.717) is 16.3 Å². The number of aryl methyl sites for hydroxylation is 1. The van der Waals surface area contributed by atoms with Crippen LogP contribution in [0.1, 0.15) is 15.9 Å². The number of anilines is 1. The van der Waals surface area contributed by atoms with Crippen molar-refractivity contribution in [2.45, 2.75) is 6.92 Å². The molecule has 0 aliphatic carbocycles. The molecular weight excluding hydrogens is 316 g/mol. The Bertz CT molecular complexity index is 601. The maximum atomic E-state index is 12.0. The summed E-state index contributed by atoms with van der Waals surface area (Å²) in [6, 6.07) is 6.90. The summed E-state index contributed by atoms with van der Waals surface area (Å²) in [5.41, 5.74) is 2.16. The Morgan fingerprint density at radius 1 is 1.39 bits per heavy atom. The second-order valence-corrected chi connectivity index (χ2v) is 5.04. The van der Waals surface area contributed by atoms with Gasteiger partial charge in [-0.1, -0.05) is 11.6 Å². The number of pyridine rings is 1. The highest BCUT2D eigenvalue weighted by molar-refractivity contribution is 9.10. The molecule has 0 radical (unpaired) electrons. The van der Waals surface area contributed by atoms with Gasteiger partial charge in [0.15, 0.2) is 0 Å². The van der Waals surface area contributed by atoms with Gasteiger partial charge in [-0.05, 0) is 52.7 Å². The van der Waals surface area contributed by atoms with E-state index in [2.05, 4.69) is 26.2 Å². The van der Waals surface area contributed by atoms with Crippen LogP contribution in [0.4, 0.5) is 5.69 Å². The van der Waals surface area contributed by atoms with Gasteiger partial charge in [-0.15, -0.1) is 0 Å². The molecule has 1 aromatic heterocycles. The van der Waals surface area contributed by atoms with Gasteiger partial charge in [0.1, 0.15) is 0 Å². The van der Waals surface area contributed by atoms with Crippen LogP contribution in [0.5, 0.6) is 0 Å². The lowest BCUT2D eigenvalue weighted by molar-refractivity contribution is 0.102. The Hall–Kier alpha value is -1.39. The van der Waals surface area contributed by atoms with Gasteiger partial charge in [-0.3, -0.25) is 9.78 Å². The second kappa shape index (κ2) is 5.50. The van der Waals surface area contributed by atoms with Crippen LogP contribution in [0.25, 0.3) is 0 Å². The van der Waals surface area contributed by atoms with E-state index in [1.807, 2.05) is 13.0 Å². The summed E-state index contributed by atoms with van der Waals surface area (Å²) < 4.78 is 0.762. The van der Waals surface area contributed by atoms with Crippen LogP contribution in [0.15, 0.2) is 41.1 Å². The summed E-state index contributed by atoms with van der Waals surface area (Å²) in [7, 11) is 0. The number of carbonyl (C=O) groups excluding carboxylic acids is 1. The predicted molar refractivity (Wildman–Crippen MR) is 76.1 cm³/mol. The van der Waals surface area contributed by atoms with Crippen LogP contribution in [-0.2, 0) is 0 Å². The molecule has 0 saturated carbocycles. The number of rotatable bonds is 2. The fraction of sp³-hybridized carbons (Fsp3) is 0.0769. The largest absolute Gasteiger partial charge is 0.320 e. The molecule has 0 saturated heterocycles.